The van der Waals surface area contributed by atoms with Gasteiger partial charge in [-0.05, 0) is 43.2 Å². The van der Waals surface area contributed by atoms with Crippen LogP contribution in [-0.2, 0) is 18.0 Å². The van der Waals surface area contributed by atoms with Gasteiger partial charge in [0.2, 0.25) is 0 Å². The van der Waals surface area contributed by atoms with Gasteiger partial charge in [0.1, 0.15) is 23.7 Å². The van der Waals surface area contributed by atoms with Crippen LogP contribution in [0.15, 0.2) is 75.9 Å². The summed E-state index contributed by atoms with van der Waals surface area (Å²) in [5.74, 6) is 1.13. The number of rotatable bonds is 8. The maximum Gasteiger partial charge on any atom is 0.412 e. The van der Waals surface area contributed by atoms with Crippen molar-refractivity contribution < 1.29 is 23.6 Å². The molecule has 1 N–H and O–H groups in total. The molecule has 4 rings (SSSR count). The fourth-order valence-electron chi connectivity index (χ4n) is 3.66. The summed E-state index contributed by atoms with van der Waals surface area (Å²) in [6.07, 6.45) is 0.482. The van der Waals surface area contributed by atoms with Crippen molar-refractivity contribution >= 4 is 23.4 Å². The SMILES string of the molecule is Cc1noc(-c2ccc(COCc3ccco3)cc2)c1N(C(=O)O)C(C)c1ccccc1Cl. The van der Waals surface area contributed by atoms with E-state index in [1.807, 2.05) is 48.5 Å². The van der Waals surface area contributed by atoms with Crippen LogP contribution in [0.1, 0.15) is 35.5 Å². The second-order valence-electron chi connectivity index (χ2n) is 7.56. The number of carboxylic acid groups (broad SMARTS) is 1. The summed E-state index contributed by atoms with van der Waals surface area (Å²) in [5, 5.41) is 14.6. The number of ether oxygens (including phenoxy) is 1. The minimum Gasteiger partial charge on any atom is -0.467 e. The lowest BCUT2D eigenvalue weighted by Gasteiger charge is -2.27. The molecule has 0 aliphatic rings. The van der Waals surface area contributed by atoms with E-state index in [9.17, 15) is 9.90 Å². The lowest BCUT2D eigenvalue weighted by Crippen LogP contribution is -2.33. The second-order valence-corrected chi connectivity index (χ2v) is 7.97. The number of carbonyl (C=O) groups is 1. The number of furan rings is 1. The molecule has 170 valence electrons. The van der Waals surface area contributed by atoms with Crippen molar-refractivity contribution in [1.82, 2.24) is 5.16 Å². The standard InChI is InChI=1S/C25H23ClN2O5/c1-16-23(28(25(29)30)17(2)21-7-3-4-8-22(21)26)24(33-27-16)19-11-9-18(10-12-19)14-31-15-20-6-5-13-32-20/h3-13,17H,14-15H2,1-2H3,(H,29,30). The number of benzene rings is 2. The zero-order chi connectivity index (χ0) is 23.4. The molecule has 0 radical (unpaired) electrons. The zero-order valence-corrected chi connectivity index (χ0v) is 19.0. The minimum absolute atomic E-state index is 0.372. The number of hydrogen-bond acceptors (Lipinski definition) is 5. The number of nitrogens with zero attached hydrogens (tertiary/aromatic N) is 2. The van der Waals surface area contributed by atoms with E-state index in [4.69, 9.17) is 25.3 Å². The number of aromatic nitrogens is 1. The Kier molecular flexibility index (Phi) is 6.82. The van der Waals surface area contributed by atoms with Crippen LogP contribution in [0.3, 0.4) is 0 Å². The summed E-state index contributed by atoms with van der Waals surface area (Å²) < 4.78 is 16.5. The molecule has 0 aliphatic carbocycles. The second kappa shape index (κ2) is 9.94. The highest BCUT2D eigenvalue weighted by atomic mass is 35.5. The van der Waals surface area contributed by atoms with Gasteiger partial charge in [-0.3, -0.25) is 4.90 Å². The van der Waals surface area contributed by atoms with Gasteiger partial charge in [0.15, 0.2) is 5.76 Å². The van der Waals surface area contributed by atoms with Gasteiger partial charge in [0.05, 0.1) is 18.9 Å². The topological polar surface area (TPSA) is 88.9 Å². The summed E-state index contributed by atoms with van der Waals surface area (Å²) in [4.78, 5) is 13.6. The van der Waals surface area contributed by atoms with Gasteiger partial charge in [-0.1, -0.05) is 59.2 Å². The Labute approximate surface area is 196 Å². The molecular formula is C25H23ClN2O5. The van der Waals surface area contributed by atoms with Crippen molar-refractivity contribution in [3.05, 3.63) is 94.5 Å². The smallest absolute Gasteiger partial charge is 0.412 e. The van der Waals surface area contributed by atoms with E-state index in [1.54, 1.807) is 32.2 Å². The Bertz CT molecular complexity index is 1220. The lowest BCUT2D eigenvalue weighted by molar-refractivity contribution is 0.0929. The quantitative estimate of drug-likeness (QED) is 0.305. The zero-order valence-electron chi connectivity index (χ0n) is 18.2. The summed E-state index contributed by atoms with van der Waals surface area (Å²) >= 11 is 6.34. The first-order valence-electron chi connectivity index (χ1n) is 10.4. The molecule has 2 aromatic carbocycles. The molecule has 8 heteroatoms. The van der Waals surface area contributed by atoms with Gasteiger partial charge in [-0.25, -0.2) is 4.79 Å². The molecule has 0 bridgehead atoms. The molecule has 33 heavy (non-hydrogen) atoms. The van der Waals surface area contributed by atoms with Crippen molar-refractivity contribution in [2.75, 3.05) is 4.90 Å². The molecule has 0 spiro atoms. The number of anilines is 1. The van der Waals surface area contributed by atoms with Gasteiger partial charge < -0.3 is 18.8 Å². The first kappa shape index (κ1) is 22.6. The van der Waals surface area contributed by atoms with Crippen LogP contribution in [0.2, 0.25) is 5.02 Å². The van der Waals surface area contributed by atoms with Crippen LogP contribution in [0.25, 0.3) is 11.3 Å². The highest BCUT2D eigenvalue weighted by Gasteiger charge is 2.31. The lowest BCUT2D eigenvalue weighted by atomic mass is 10.0. The number of amides is 1. The van der Waals surface area contributed by atoms with Crippen LogP contribution in [0.5, 0.6) is 0 Å². The molecule has 4 aromatic rings. The average molecular weight is 467 g/mol. The summed E-state index contributed by atoms with van der Waals surface area (Å²) in [6.45, 7) is 4.29. The molecule has 0 aliphatic heterocycles. The molecule has 0 fully saturated rings. The van der Waals surface area contributed by atoms with Gasteiger partial charge in [-0.15, -0.1) is 0 Å². The van der Waals surface area contributed by atoms with Crippen molar-refractivity contribution in [3.8, 4) is 11.3 Å². The van der Waals surface area contributed by atoms with E-state index in [0.717, 1.165) is 11.3 Å². The van der Waals surface area contributed by atoms with Crippen LogP contribution in [0.4, 0.5) is 10.5 Å². The summed E-state index contributed by atoms with van der Waals surface area (Å²) in [7, 11) is 0. The molecule has 7 nitrogen and oxygen atoms in total. The van der Waals surface area contributed by atoms with Crippen molar-refractivity contribution in [2.24, 2.45) is 0 Å². The number of hydrogen-bond donors (Lipinski definition) is 1. The Balaban J connectivity index is 1.58. The van der Waals surface area contributed by atoms with Gasteiger partial charge >= 0.3 is 6.09 Å². The normalized spacial score (nSPS) is 12.0. The number of halogens is 1. The van der Waals surface area contributed by atoms with E-state index in [-0.39, 0.29) is 0 Å². The van der Waals surface area contributed by atoms with Gasteiger partial charge in [-0.2, -0.15) is 0 Å². The molecule has 0 saturated carbocycles. The monoisotopic (exact) mass is 466 g/mol. The molecular weight excluding hydrogens is 444 g/mol. The predicted octanol–water partition coefficient (Wildman–Crippen LogP) is 6.86. The fraction of sp³-hybridized carbons (Fsp3) is 0.200. The van der Waals surface area contributed by atoms with Gasteiger partial charge in [0, 0.05) is 10.6 Å². The molecule has 1 amide bonds. The molecule has 0 saturated heterocycles. The summed E-state index contributed by atoms with van der Waals surface area (Å²) in [6, 6.07) is 17.8. The highest BCUT2D eigenvalue weighted by Crippen LogP contribution is 2.39. The van der Waals surface area contributed by atoms with Gasteiger partial charge in [0.25, 0.3) is 0 Å². The van der Waals surface area contributed by atoms with Crippen LogP contribution >= 0.6 is 11.6 Å². The fourth-order valence-corrected chi connectivity index (χ4v) is 3.96. The van der Waals surface area contributed by atoms with E-state index >= 15 is 0 Å². The Morgan fingerprint density at radius 1 is 1.12 bits per heavy atom. The van der Waals surface area contributed by atoms with Crippen LogP contribution in [0, 0.1) is 6.92 Å². The molecule has 1 atom stereocenters. The summed E-state index contributed by atoms with van der Waals surface area (Å²) in [5.41, 5.74) is 3.21. The third kappa shape index (κ3) is 4.94. The third-order valence-corrected chi connectivity index (χ3v) is 5.67. The molecule has 1 unspecified atom stereocenters. The van der Waals surface area contributed by atoms with E-state index in [2.05, 4.69) is 5.16 Å². The molecule has 2 heterocycles. The van der Waals surface area contributed by atoms with Crippen LogP contribution in [-0.4, -0.2) is 16.4 Å². The first-order valence-corrected chi connectivity index (χ1v) is 10.8. The van der Waals surface area contributed by atoms with Crippen molar-refractivity contribution in [3.63, 3.8) is 0 Å². The van der Waals surface area contributed by atoms with E-state index in [1.165, 1.54) is 4.90 Å². The largest absolute Gasteiger partial charge is 0.467 e. The number of aryl methyl sites for hydroxylation is 1. The van der Waals surface area contributed by atoms with Crippen molar-refractivity contribution in [1.29, 1.82) is 0 Å². The minimum atomic E-state index is -1.13. The Morgan fingerprint density at radius 2 is 1.88 bits per heavy atom. The highest BCUT2D eigenvalue weighted by molar-refractivity contribution is 6.31. The predicted molar refractivity (Wildman–Crippen MR) is 124 cm³/mol. The Hall–Kier alpha value is -3.55. The first-order chi connectivity index (χ1) is 16.0. The maximum absolute atomic E-state index is 12.3. The van der Waals surface area contributed by atoms with E-state index in [0.29, 0.717) is 46.5 Å². The molecule has 2 aromatic heterocycles. The Morgan fingerprint density at radius 3 is 2.55 bits per heavy atom. The average Bonchev–Trinajstić information content (AvgIpc) is 3.45. The van der Waals surface area contributed by atoms with Crippen LogP contribution < -0.4 is 4.90 Å². The maximum atomic E-state index is 12.3. The van der Waals surface area contributed by atoms with E-state index < -0.39 is 12.1 Å². The van der Waals surface area contributed by atoms with Crippen molar-refractivity contribution in [2.45, 2.75) is 33.1 Å². The third-order valence-electron chi connectivity index (χ3n) is 5.33.